The zero-order valence-electron chi connectivity index (χ0n) is 6.53. The van der Waals surface area contributed by atoms with E-state index in [0.717, 1.165) is 6.61 Å². The lowest BCUT2D eigenvalue weighted by Crippen LogP contribution is -1.96. The fraction of sp³-hybridized carbons (Fsp3) is 0.200. The number of benzene rings is 1. The van der Waals surface area contributed by atoms with Crippen molar-refractivity contribution in [1.82, 2.24) is 0 Å². The molecule has 1 unspecified atom stereocenters. The van der Waals surface area contributed by atoms with Gasteiger partial charge < -0.3 is 4.74 Å². The summed E-state index contributed by atoms with van der Waals surface area (Å²) in [6.07, 6.45) is 3.88. The quantitative estimate of drug-likeness (QED) is 0.714. The number of halogens is 1. The fourth-order valence-electron chi connectivity index (χ4n) is 1.28. The summed E-state index contributed by atoms with van der Waals surface area (Å²) in [7, 11) is 0. The summed E-state index contributed by atoms with van der Waals surface area (Å²) in [5.74, 6) is 0.460. The second-order valence-electron chi connectivity index (χ2n) is 2.82. The van der Waals surface area contributed by atoms with Crippen molar-refractivity contribution in [1.29, 1.82) is 0 Å². The predicted molar refractivity (Wildman–Crippen MR) is 57.0 cm³/mol. The minimum atomic E-state index is 0.460. The molecule has 1 aromatic rings. The van der Waals surface area contributed by atoms with Crippen LogP contribution in [0.1, 0.15) is 11.5 Å². The number of ether oxygens (including phenoxy) is 1. The average molecular weight is 272 g/mol. The topological polar surface area (TPSA) is 9.23 Å². The Balaban J connectivity index is 2.23. The number of hydrogen-bond acceptors (Lipinski definition) is 1. The van der Waals surface area contributed by atoms with Crippen molar-refractivity contribution in [3.8, 4) is 0 Å². The zero-order chi connectivity index (χ0) is 8.39. The first-order valence-electron chi connectivity index (χ1n) is 3.90. The highest BCUT2D eigenvalue weighted by Crippen LogP contribution is 2.22. The summed E-state index contributed by atoms with van der Waals surface area (Å²) in [5.41, 5.74) is 1.34. The van der Waals surface area contributed by atoms with Crippen LogP contribution in [-0.4, -0.2) is 6.61 Å². The van der Waals surface area contributed by atoms with Crippen molar-refractivity contribution in [2.24, 2.45) is 0 Å². The predicted octanol–water partition coefficient (Wildman–Crippen LogP) is 2.92. The normalized spacial score (nSPS) is 20.9. The van der Waals surface area contributed by atoms with Crippen LogP contribution in [0.4, 0.5) is 0 Å². The molecule has 0 N–H and O–H groups in total. The first-order valence-corrected chi connectivity index (χ1v) is 4.98. The smallest absolute Gasteiger partial charge is 0.0977 e. The van der Waals surface area contributed by atoms with Crippen LogP contribution in [0.2, 0.25) is 0 Å². The molecule has 1 aliphatic rings. The molecule has 0 amide bonds. The molecule has 0 bridgehead atoms. The Morgan fingerprint density at radius 2 is 2.00 bits per heavy atom. The number of rotatable bonds is 1. The van der Waals surface area contributed by atoms with Crippen LogP contribution in [0, 0.1) is 3.57 Å². The van der Waals surface area contributed by atoms with Crippen molar-refractivity contribution in [3.63, 3.8) is 0 Å². The Kier molecular flexibility index (Phi) is 2.35. The molecule has 0 saturated heterocycles. The van der Waals surface area contributed by atoms with Gasteiger partial charge in [-0.15, -0.1) is 0 Å². The molecule has 1 atom stereocenters. The molecule has 12 heavy (non-hydrogen) atoms. The lowest BCUT2D eigenvalue weighted by atomic mass is 10.0. The van der Waals surface area contributed by atoms with Gasteiger partial charge in [0.05, 0.1) is 12.9 Å². The highest BCUT2D eigenvalue weighted by Gasteiger charge is 2.11. The van der Waals surface area contributed by atoms with Gasteiger partial charge in [-0.05, 0) is 46.4 Å². The van der Waals surface area contributed by atoms with E-state index in [1.54, 1.807) is 6.26 Å². The summed E-state index contributed by atoms with van der Waals surface area (Å²) < 4.78 is 6.44. The van der Waals surface area contributed by atoms with Crippen LogP contribution in [0.15, 0.2) is 36.6 Å². The third-order valence-electron chi connectivity index (χ3n) is 1.98. The third-order valence-corrected chi connectivity index (χ3v) is 2.70. The van der Waals surface area contributed by atoms with Gasteiger partial charge >= 0.3 is 0 Å². The number of hydrogen-bond donors (Lipinski definition) is 0. The van der Waals surface area contributed by atoms with Gasteiger partial charge in [0.2, 0.25) is 0 Å². The van der Waals surface area contributed by atoms with E-state index in [4.69, 9.17) is 4.74 Å². The van der Waals surface area contributed by atoms with Crippen LogP contribution in [0.3, 0.4) is 0 Å². The summed E-state index contributed by atoms with van der Waals surface area (Å²) in [6.45, 7) is 0.792. The summed E-state index contributed by atoms with van der Waals surface area (Å²) in [6, 6.07) is 8.57. The highest BCUT2D eigenvalue weighted by molar-refractivity contribution is 14.1. The van der Waals surface area contributed by atoms with E-state index in [1.165, 1.54) is 9.13 Å². The van der Waals surface area contributed by atoms with Crippen LogP contribution >= 0.6 is 22.6 Å². The minimum Gasteiger partial charge on any atom is -0.501 e. The van der Waals surface area contributed by atoms with Crippen LogP contribution in [0.5, 0.6) is 0 Å². The lowest BCUT2D eigenvalue weighted by Gasteiger charge is -2.05. The van der Waals surface area contributed by atoms with Crippen LogP contribution in [0.25, 0.3) is 0 Å². The molecular weight excluding hydrogens is 263 g/mol. The maximum atomic E-state index is 5.16. The Labute approximate surface area is 85.6 Å². The van der Waals surface area contributed by atoms with Gasteiger partial charge in [-0.2, -0.15) is 0 Å². The largest absolute Gasteiger partial charge is 0.501 e. The highest BCUT2D eigenvalue weighted by atomic mass is 127. The van der Waals surface area contributed by atoms with E-state index in [9.17, 15) is 0 Å². The Bertz CT molecular complexity index is 289. The van der Waals surface area contributed by atoms with Gasteiger partial charge in [0, 0.05) is 9.49 Å². The molecule has 0 radical (unpaired) electrons. The molecule has 0 spiro atoms. The van der Waals surface area contributed by atoms with Gasteiger partial charge in [0.25, 0.3) is 0 Å². The van der Waals surface area contributed by atoms with Crippen molar-refractivity contribution in [2.45, 2.75) is 5.92 Å². The van der Waals surface area contributed by atoms with E-state index in [1.807, 2.05) is 0 Å². The van der Waals surface area contributed by atoms with Crippen LogP contribution < -0.4 is 0 Å². The SMILES string of the molecule is Ic1ccc(C2C=COC2)cc1. The molecule has 62 valence electrons. The van der Waals surface area contributed by atoms with Gasteiger partial charge in [-0.25, -0.2) is 0 Å². The minimum absolute atomic E-state index is 0.460. The molecule has 0 fully saturated rings. The summed E-state index contributed by atoms with van der Waals surface area (Å²) in [4.78, 5) is 0. The zero-order valence-corrected chi connectivity index (χ0v) is 8.69. The Morgan fingerprint density at radius 1 is 1.25 bits per heavy atom. The van der Waals surface area contributed by atoms with Crippen molar-refractivity contribution in [2.75, 3.05) is 6.61 Å². The van der Waals surface area contributed by atoms with Crippen molar-refractivity contribution in [3.05, 3.63) is 45.7 Å². The molecule has 1 aliphatic heterocycles. The summed E-state index contributed by atoms with van der Waals surface area (Å²) in [5, 5.41) is 0. The van der Waals surface area contributed by atoms with Crippen molar-refractivity contribution >= 4 is 22.6 Å². The molecule has 0 aromatic heterocycles. The van der Waals surface area contributed by atoms with Gasteiger partial charge in [-0.1, -0.05) is 12.1 Å². The second-order valence-corrected chi connectivity index (χ2v) is 4.07. The van der Waals surface area contributed by atoms with Crippen LogP contribution in [-0.2, 0) is 4.74 Å². The van der Waals surface area contributed by atoms with E-state index in [0.29, 0.717) is 5.92 Å². The molecule has 0 aliphatic carbocycles. The molecule has 0 saturated carbocycles. The van der Waals surface area contributed by atoms with E-state index >= 15 is 0 Å². The molecular formula is C10H9IO. The third kappa shape index (κ3) is 1.63. The van der Waals surface area contributed by atoms with Crippen molar-refractivity contribution < 1.29 is 4.74 Å². The summed E-state index contributed by atoms with van der Waals surface area (Å²) >= 11 is 2.31. The molecule has 1 heterocycles. The van der Waals surface area contributed by atoms with Gasteiger partial charge in [0.15, 0.2) is 0 Å². The maximum Gasteiger partial charge on any atom is 0.0977 e. The molecule has 2 rings (SSSR count). The standard InChI is InChI=1S/C10H9IO/c11-10-3-1-8(2-4-10)9-5-6-12-7-9/h1-6,9H,7H2. The Morgan fingerprint density at radius 3 is 2.58 bits per heavy atom. The van der Waals surface area contributed by atoms with Gasteiger partial charge in [0.1, 0.15) is 0 Å². The second kappa shape index (κ2) is 3.47. The average Bonchev–Trinajstić information content (AvgIpc) is 2.58. The Hall–Kier alpha value is -0.510. The molecule has 1 aromatic carbocycles. The first kappa shape index (κ1) is 8.10. The first-order chi connectivity index (χ1) is 5.86. The van der Waals surface area contributed by atoms with E-state index < -0.39 is 0 Å². The van der Waals surface area contributed by atoms with E-state index in [2.05, 4.69) is 52.9 Å². The maximum absolute atomic E-state index is 5.16. The van der Waals surface area contributed by atoms with E-state index in [-0.39, 0.29) is 0 Å². The molecule has 1 nitrogen and oxygen atoms in total. The monoisotopic (exact) mass is 272 g/mol. The molecule has 2 heteroatoms. The van der Waals surface area contributed by atoms with Gasteiger partial charge in [-0.3, -0.25) is 0 Å². The lowest BCUT2D eigenvalue weighted by molar-refractivity contribution is 0.269. The fourth-order valence-corrected chi connectivity index (χ4v) is 1.64.